The van der Waals surface area contributed by atoms with Crippen molar-refractivity contribution in [1.82, 2.24) is 0 Å². The summed E-state index contributed by atoms with van der Waals surface area (Å²) in [5, 5.41) is 0. The minimum absolute atomic E-state index is 0.226. The second-order valence-electron chi connectivity index (χ2n) is 7.07. The number of rotatable bonds is 11. The van der Waals surface area contributed by atoms with E-state index >= 15 is 0 Å². The van der Waals surface area contributed by atoms with Crippen LogP contribution < -0.4 is 9.64 Å². The molecule has 0 saturated heterocycles. The summed E-state index contributed by atoms with van der Waals surface area (Å²) >= 11 is 0. The highest BCUT2D eigenvalue weighted by Crippen LogP contribution is 2.31. The maximum atomic E-state index is 6.20. The van der Waals surface area contributed by atoms with Gasteiger partial charge < -0.3 is 23.8 Å². The molecule has 0 atom stereocenters. The van der Waals surface area contributed by atoms with Gasteiger partial charge in [0, 0.05) is 39.1 Å². The van der Waals surface area contributed by atoms with Crippen LogP contribution in [0.2, 0.25) is 0 Å². The first kappa shape index (κ1) is 25.7. The van der Waals surface area contributed by atoms with E-state index in [1.165, 1.54) is 0 Å². The molecule has 0 aliphatic heterocycles. The van der Waals surface area contributed by atoms with Crippen LogP contribution in [0, 0.1) is 0 Å². The third kappa shape index (κ3) is 7.68. The van der Waals surface area contributed by atoms with Gasteiger partial charge in [0.05, 0.1) is 17.8 Å². The minimum Gasteiger partial charge on any atom is -0.467 e. The summed E-state index contributed by atoms with van der Waals surface area (Å²) in [6, 6.07) is 6.20. The van der Waals surface area contributed by atoms with Crippen LogP contribution in [0.4, 0.5) is 5.69 Å². The van der Waals surface area contributed by atoms with Crippen LogP contribution in [0.1, 0.15) is 61.0 Å². The molecule has 0 heterocycles. The van der Waals surface area contributed by atoms with Gasteiger partial charge in [-0.2, -0.15) is 0 Å². The van der Waals surface area contributed by atoms with Crippen molar-refractivity contribution in [2.75, 3.05) is 39.0 Å². The lowest BCUT2D eigenvalue weighted by molar-refractivity contribution is -0.169. The summed E-state index contributed by atoms with van der Waals surface area (Å²) in [6.07, 6.45) is 0. The second-order valence-corrected chi connectivity index (χ2v) is 7.07. The van der Waals surface area contributed by atoms with E-state index in [1.807, 2.05) is 53.7 Å². The average molecular weight is 384 g/mol. The summed E-state index contributed by atoms with van der Waals surface area (Å²) in [4.78, 5) is 2.29. The van der Waals surface area contributed by atoms with Crippen molar-refractivity contribution in [2.45, 2.75) is 73.2 Å². The molecular weight excluding hydrogens is 342 g/mol. The Bertz CT molecular complexity index is 525. The summed E-state index contributed by atoms with van der Waals surface area (Å²) in [5.41, 5.74) is 1.37. The van der Waals surface area contributed by atoms with E-state index in [0.717, 1.165) is 30.1 Å². The minimum atomic E-state index is -0.430. The van der Waals surface area contributed by atoms with Crippen molar-refractivity contribution in [3.63, 3.8) is 0 Å². The fraction of sp³-hybridized carbons (Fsp3) is 0.727. The third-order valence-corrected chi connectivity index (χ3v) is 4.98. The van der Waals surface area contributed by atoms with Crippen molar-refractivity contribution < 1.29 is 18.9 Å². The average Bonchev–Trinajstić information content (AvgIpc) is 2.67. The van der Waals surface area contributed by atoms with Gasteiger partial charge in [0.15, 0.2) is 6.79 Å². The Balaban J connectivity index is 0.00000326. The van der Waals surface area contributed by atoms with E-state index < -0.39 is 11.2 Å². The smallest absolute Gasteiger partial charge is 0.188 e. The Morgan fingerprint density at radius 3 is 1.96 bits per heavy atom. The van der Waals surface area contributed by atoms with Crippen molar-refractivity contribution in [2.24, 2.45) is 0 Å². The van der Waals surface area contributed by atoms with E-state index in [-0.39, 0.29) is 6.79 Å². The molecule has 0 fully saturated rings. The van der Waals surface area contributed by atoms with E-state index in [2.05, 4.69) is 24.8 Å². The number of anilines is 1. The Kier molecular flexibility index (Phi) is 11.6. The van der Waals surface area contributed by atoms with Crippen molar-refractivity contribution in [3.8, 4) is 5.75 Å². The van der Waals surface area contributed by atoms with Crippen LogP contribution in [0.5, 0.6) is 5.75 Å². The summed E-state index contributed by atoms with van der Waals surface area (Å²) in [5.74, 6) is 0.786. The Morgan fingerprint density at radius 2 is 1.48 bits per heavy atom. The maximum absolute atomic E-state index is 6.20. The molecule has 0 aliphatic rings. The summed E-state index contributed by atoms with van der Waals surface area (Å²) in [6.45, 7) is 19.0. The van der Waals surface area contributed by atoms with Crippen LogP contribution >= 0.6 is 0 Å². The molecule has 0 saturated carbocycles. The van der Waals surface area contributed by atoms with Crippen molar-refractivity contribution in [1.29, 1.82) is 0 Å². The van der Waals surface area contributed by atoms with Gasteiger partial charge in [-0.05, 0) is 59.2 Å². The van der Waals surface area contributed by atoms with Crippen LogP contribution in [-0.2, 0) is 20.8 Å². The van der Waals surface area contributed by atoms with Crippen LogP contribution in [0.25, 0.3) is 0 Å². The second kappa shape index (κ2) is 12.2. The standard InChI is InChI=1S/C20H35NO4.C2H6/c1-9-21(10-2)17-11-16(12-18(13-17)24-15-22-7)14-25-20(5,6)19(3,4)23-8;1-2/h11-13H,9-10,14-15H2,1-8H3;1-2H3. The van der Waals surface area contributed by atoms with Crippen LogP contribution in [0.15, 0.2) is 18.2 Å². The zero-order valence-electron chi connectivity index (χ0n) is 19.1. The molecule has 0 bridgehead atoms. The quantitative estimate of drug-likeness (QED) is 0.487. The predicted molar refractivity (Wildman–Crippen MR) is 114 cm³/mol. The highest BCUT2D eigenvalue weighted by molar-refractivity contribution is 5.53. The van der Waals surface area contributed by atoms with Crippen LogP contribution in [-0.4, -0.2) is 45.3 Å². The Labute approximate surface area is 166 Å². The van der Waals surface area contributed by atoms with E-state index in [9.17, 15) is 0 Å². The molecule has 158 valence electrons. The molecule has 0 N–H and O–H groups in total. The largest absolute Gasteiger partial charge is 0.467 e. The van der Waals surface area contributed by atoms with E-state index in [1.54, 1.807) is 14.2 Å². The van der Waals surface area contributed by atoms with Gasteiger partial charge in [-0.1, -0.05) is 13.8 Å². The number of hydrogen-bond acceptors (Lipinski definition) is 5. The first-order chi connectivity index (χ1) is 12.7. The first-order valence-corrected chi connectivity index (χ1v) is 9.90. The predicted octanol–water partition coefficient (Wildman–Crippen LogP) is 5.26. The topological polar surface area (TPSA) is 40.2 Å². The number of methoxy groups -OCH3 is 2. The molecule has 1 aromatic carbocycles. The lowest BCUT2D eigenvalue weighted by Gasteiger charge is -2.40. The van der Waals surface area contributed by atoms with Gasteiger partial charge in [-0.15, -0.1) is 0 Å². The summed E-state index contributed by atoms with van der Waals surface area (Å²) in [7, 11) is 3.33. The molecular formula is C22H41NO4. The zero-order valence-corrected chi connectivity index (χ0v) is 19.1. The number of ether oxygens (including phenoxy) is 4. The lowest BCUT2D eigenvalue weighted by atomic mass is 9.89. The van der Waals surface area contributed by atoms with E-state index in [0.29, 0.717) is 6.61 Å². The molecule has 0 aromatic heterocycles. The Morgan fingerprint density at radius 1 is 0.889 bits per heavy atom. The van der Waals surface area contributed by atoms with Crippen molar-refractivity contribution >= 4 is 5.69 Å². The molecule has 0 amide bonds. The fourth-order valence-electron chi connectivity index (χ4n) is 2.39. The number of nitrogens with zero attached hydrogens (tertiary/aromatic N) is 1. The molecule has 0 aliphatic carbocycles. The molecule has 0 spiro atoms. The lowest BCUT2D eigenvalue weighted by Crippen LogP contribution is -2.48. The van der Waals surface area contributed by atoms with Gasteiger partial charge in [-0.3, -0.25) is 0 Å². The highest BCUT2D eigenvalue weighted by atomic mass is 16.7. The first-order valence-electron chi connectivity index (χ1n) is 9.90. The molecule has 5 nitrogen and oxygen atoms in total. The van der Waals surface area contributed by atoms with Gasteiger partial charge in [0.25, 0.3) is 0 Å². The molecule has 0 unspecified atom stereocenters. The monoisotopic (exact) mass is 383 g/mol. The molecule has 27 heavy (non-hydrogen) atoms. The fourth-order valence-corrected chi connectivity index (χ4v) is 2.39. The Hall–Kier alpha value is -1.30. The van der Waals surface area contributed by atoms with Gasteiger partial charge in [-0.25, -0.2) is 0 Å². The number of benzene rings is 1. The van der Waals surface area contributed by atoms with Gasteiger partial charge >= 0.3 is 0 Å². The molecule has 5 heteroatoms. The normalized spacial score (nSPS) is 11.6. The highest BCUT2D eigenvalue weighted by Gasteiger charge is 2.38. The molecule has 0 radical (unpaired) electrons. The van der Waals surface area contributed by atoms with Crippen molar-refractivity contribution in [3.05, 3.63) is 23.8 Å². The number of hydrogen-bond donors (Lipinski definition) is 0. The zero-order chi connectivity index (χ0) is 21.1. The SMILES string of the molecule is CC.CCN(CC)c1cc(COC(C)(C)C(C)(C)OC)cc(OCOC)c1. The van der Waals surface area contributed by atoms with Crippen LogP contribution in [0.3, 0.4) is 0 Å². The van der Waals surface area contributed by atoms with Gasteiger partial charge in [0.2, 0.25) is 0 Å². The van der Waals surface area contributed by atoms with Gasteiger partial charge in [0.1, 0.15) is 5.75 Å². The molecule has 1 aromatic rings. The van der Waals surface area contributed by atoms with E-state index in [4.69, 9.17) is 18.9 Å². The third-order valence-electron chi connectivity index (χ3n) is 4.98. The summed E-state index contributed by atoms with van der Waals surface area (Å²) < 4.78 is 22.5. The maximum Gasteiger partial charge on any atom is 0.188 e. The molecule has 1 rings (SSSR count).